The summed E-state index contributed by atoms with van der Waals surface area (Å²) < 4.78 is 9.78. The van der Waals surface area contributed by atoms with Crippen LogP contribution in [0.4, 0.5) is 0 Å². The third-order valence-corrected chi connectivity index (χ3v) is 4.34. The van der Waals surface area contributed by atoms with Gasteiger partial charge in [-0.2, -0.15) is 0 Å². The molecule has 0 aromatic heterocycles. The van der Waals surface area contributed by atoms with E-state index in [0.717, 1.165) is 16.8 Å². The third-order valence-electron chi connectivity index (χ3n) is 4.34. The number of hydrogen-bond acceptors (Lipinski definition) is 6. The van der Waals surface area contributed by atoms with Crippen LogP contribution in [0.3, 0.4) is 0 Å². The second kappa shape index (κ2) is 16.2. The van der Waals surface area contributed by atoms with Crippen LogP contribution in [0.5, 0.6) is 0 Å². The standard InChI is InChI=1S/C20H21NO2.C7H13NO2/c1-3-11-18(20(22)23-4-2)21-19(16-12-7-5-8-13-16)17-14-9-6-10-15-17;1-3-5-6(8)7(9)10-4-2/h3,5-10,12-15,18H,1,4,11H2,2H3;3,6H,1,4-5,8H2,2H3. The monoisotopic (exact) mass is 450 g/mol. The maximum Gasteiger partial charge on any atom is 0.331 e. The van der Waals surface area contributed by atoms with Crippen LogP contribution < -0.4 is 5.73 Å². The Kier molecular flexibility index (Phi) is 13.5. The van der Waals surface area contributed by atoms with Crippen LogP contribution in [0.15, 0.2) is 91.0 Å². The van der Waals surface area contributed by atoms with Gasteiger partial charge in [0.15, 0.2) is 6.04 Å². The predicted octanol–water partition coefficient (Wildman–Crippen LogP) is 4.48. The summed E-state index contributed by atoms with van der Waals surface area (Å²) in [4.78, 5) is 27.6. The summed E-state index contributed by atoms with van der Waals surface area (Å²) in [6, 6.07) is 18.6. The van der Waals surface area contributed by atoms with Crippen LogP contribution in [0.2, 0.25) is 0 Å². The van der Waals surface area contributed by atoms with Crippen molar-refractivity contribution in [2.75, 3.05) is 13.2 Å². The summed E-state index contributed by atoms with van der Waals surface area (Å²) in [6.45, 7) is 11.4. The Hall–Kier alpha value is -3.51. The first-order valence-corrected chi connectivity index (χ1v) is 11.0. The molecule has 6 nitrogen and oxygen atoms in total. The van der Waals surface area contributed by atoms with Crippen molar-refractivity contribution in [3.63, 3.8) is 0 Å². The Morgan fingerprint density at radius 3 is 1.73 bits per heavy atom. The van der Waals surface area contributed by atoms with E-state index in [-0.39, 0.29) is 11.9 Å². The molecule has 0 saturated heterocycles. The lowest BCUT2D eigenvalue weighted by atomic mass is 10.0. The molecular weight excluding hydrogens is 416 g/mol. The number of hydrogen-bond donors (Lipinski definition) is 1. The quantitative estimate of drug-likeness (QED) is 0.310. The maximum atomic E-state index is 12.2. The van der Waals surface area contributed by atoms with Crippen molar-refractivity contribution in [3.05, 3.63) is 97.1 Å². The van der Waals surface area contributed by atoms with Gasteiger partial charge < -0.3 is 15.2 Å². The smallest absolute Gasteiger partial charge is 0.331 e. The van der Waals surface area contributed by atoms with Crippen molar-refractivity contribution in [2.24, 2.45) is 10.7 Å². The Labute approximate surface area is 196 Å². The van der Waals surface area contributed by atoms with Crippen molar-refractivity contribution in [3.8, 4) is 0 Å². The highest BCUT2D eigenvalue weighted by Crippen LogP contribution is 2.14. The van der Waals surface area contributed by atoms with Crippen LogP contribution in [-0.2, 0) is 19.1 Å². The van der Waals surface area contributed by atoms with Crippen LogP contribution in [-0.4, -0.2) is 42.9 Å². The van der Waals surface area contributed by atoms with Crippen molar-refractivity contribution in [1.29, 1.82) is 0 Å². The summed E-state index contributed by atoms with van der Waals surface area (Å²) in [5.74, 6) is -0.681. The molecule has 0 aliphatic carbocycles. The Morgan fingerprint density at radius 2 is 1.30 bits per heavy atom. The average Bonchev–Trinajstić information content (AvgIpc) is 2.83. The number of ether oxygens (including phenoxy) is 2. The van der Waals surface area contributed by atoms with Crippen molar-refractivity contribution in [1.82, 2.24) is 0 Å². The minimum Gasteiger partial charge on any atom is -0.465 e. The van der Waals surface area contributed by atoms with Gasteiger partial charge in [-0.25, -0.2) is 4.79 Å². The summed E-state index contributed by atoms with van der Waals surface area (Å²) >= 11 is 0. The average molecular weight is 451 g/mol. The van der Waals surface area contributed by atoms with E-state index in [4.69, 9.17) is 15.5 Å². The molecule has 2 rings (SSSR count). The van der Waals surface area contributed by atoms with Gasteiger partial charge in [0, 0.05) is 11.1 Å². The summed E-state index contributed by atoms with van der Waals surface area (Å²) in [5.41, 5.74) is 8.09. The number of carbonyl (C=O) groups is 2. The van der Waals surface area contributed by atoms with Gasteiger partial charge in [0.1, 0.15) is 6.04 Å². The van der Waals surface area contributed by atoms with E-state index in [2.05, 4.69) is 17.9 Å². The zero-order valence-electron chi connectivity index (χ0n) is 19.5. The zero-order chi connectivity index (χ0) is 24.5. The first-order chi connectivity index (χ1) is 16.0. The second-order valence-corrected chi connectivity index (χ2v) is 6.88. The summed E-state index contributed by atoms with van der Waals surface area (Å²) in [6.07, 6.45) is 4.21. The van der Waals surface area contributed by atoms with Crippen LogP contribution >= 0.6 is 0 Å². The molecule has 0 radical (unpaired) electrons. The van der Waals surface area contributed by atoms with Gasteiger partial charge in [-0.1, -0.05) is 72.8 Å². The molecule has 0 amide bonds. The highest BCUT2D eigenvalue weighted by molar-refractivity contribution is 6.13. The van der Waals surface area contributed by atoms with E-state index in [0.29, 0.717) is 26.1 Å². The van der Waals surface area contributed by atoms with E-state index in [9.17, 15) is 9.59 Å². The van der Waals surface area contributed by atoms with Crippen molar-refractivity contribution >= 4 is 17.7 Å². The molecule has 2 unspecified atom stereocenters. The van der Waals surface area contributed by atoms with Gasteiger partial charge in [0.05, 0.1) is 18.9 Å². The largest absolute Gasteiger partial charge is 0.465 e. The molecule has 176 valence electrons. The molecule has 2 N–H and O–H groups in total. The summed E-state index contributed by atoms with van der Waals surface area (Å²) in [5, 5.41) is 0. The number of benzene rings is 2. The van der Waals surface area contributed by atoms with E-state index in [1.54, 1.807) is 26.0 Å². The minimum absolute atomic E-state index is 0.322. The van der Waals surface area contributed by atoms with Gasteiger partial charge in [-0.15, -0.1) is 13.2 Å². The number of nitrogens with two attached hydrogens (primary N) is 1. The zero-order valence-corrected chi connectivity index (χ0v) is 19.5. The molecule has 2 aromatic carbocycles. The summed E-state index contributed by atoms with van der Waals surface area (Å²) in [7, 11) is 0. The Bertz CT molecular complexity index is 853. The lowest BCUT2D eigenvalue weighted by Crippen LogP contribution is -2.31. The van der Waals surface area contributed by atoms with Gasteiger partial charge in [0.2, 0.25) is 0 Å². The van der Waals surface area contributed by atoms with Crippen molar-refractivity contribution < 1.29 is 19.1 Å². The predicted molar refractivity (Wildman–Crippen MR) is 133 cm³/mol. The molecule has 0 bridgehead atoms. The fourth-order valence-corrected chi connectivity index (χ4v) is 2.79. The van der Waals surface area contributed by atoms with Gasteiger partial charge in [-0.3, -0.25) is 9.79 Å². The maximum absolute atomic E-state index is 12.2. The molecule has 0 aliphatic rings. The number of aliphatic imine (C=N–C) groups is 1. The van der Waals surface area contributed by atoms with Gasteiger partial charge >= 0.3 is 11.9 Å². The van der Waals surface area contributed by atoms with Crippen LogP contribution in [0.1, 0.15) is 37.8 Å². The minimum atomic E-state index is -0.581. The third kappa shape index (κ3) is 10.1. The molecule has 2 aromatic rings. The SMILES string of the molecule is C=CCC(N)C(=O)OCC.C=CCC(N=C(c1ccccc1)c1ccccc1)C(=O)OCC. The molecular formula is C27H34N2O4. The van der Waals surface area contributed by atoms with E-state index in [1.165, 1.54) is 0 Å². The van der Waals surface area contributed by atoms with E-state index >= 15 is 0 Å². The Morgan fingerprint density at radius 1 is 0.848 bits per heavy atom. The fourth-order valence-electron chi connectivity index (χ4n) is 2.79. The van der Waals surface area contributed by atoms with Gasteiger partial charge in [0.25, 0.3) is 0 Å². The first kappa shape index (κ1) is 27.5. The van der Waals surface area contributed by atoms with Crippen molar-refractivity contribution in [2.45, 2.75) is 38.8 Å². The normalized spacial score (nSPS) is 11.6. The molecule has 2 atom stereocenters. The molecule has 6 heteroatoms. The van der Waals surface area contributed by atoms with Crippen LogP contribution in [0, 0.1) is 0 Å². The molecule has 33 heavy (non-hydrogen) atoms. The first-order valence-electron chi connectivity index (χ1n) is 11.0. The molecule has 0 spiro atoms. The molecule has 0 aliphatic heterocycles. The van der Waals surface area contributed by atoms with Crippen LogP contribution in [0.25, 0.3) is 0 Å². The highest BCUT2D eigenvalue weighted by Gasteiger charge is 2.19. The fraction of sp³-hybridized carbons (Fsp3) is 0.296. The molecule has 0 fully saturated rings. The molecule has 0 heterocycles. The topological polar surface area (TPSA) is 91.0 Å². The number of nitrogens with zero attached hydrogens (tertiary/aromatic N) is 1. The lowest BCUT2D eigenvalue weighted by molar-refractivity contribution is -0.145. The highest BCUT2D eigenvalue weighted by atomic mass is 16.5. The van der Waals surface area contributed by atoms with E-state index in [1.807, 2.05) is 60.7 Å². The van der Waals surface area contributed by atoms with E-state index < -0.39 is 12.1 Å². The Balaban J connectivity index is 0.000000461. The second-order valence-electron chi connectivity index (χ2n) is 6.88. The van der Waals surface area contributed by atoms with Gasteiger partial charge in [-0.05, 0) is 26.7 Å². The number of rotatable bonds is 11. The molecule has 0 saturated carbocycles. The lowest BCUT2D eigenvalue weighted by Gasteiger charge is -2.13. The number of carbonyl (C=O) groups excluding carboxylic acids is 2. The number of esters is 2.